The van der Waals surface area contributed by atoms with Crippen LogP contribution in [0.4, 0.5) is 0 Å². The third-order valence-corrected chi connectivity index (χ3v) is 0.924. The van der Waals surface area contributed by atoms with E-state index in [1.807, 2.05) is 6.92 Å². The van der Waals surface area contributed by atoms with Crippen molar-refractivity contribution in [2.24, 2.45) is 0 Å². The van der Waals surface area contributed by atoms with Gasteiger partial charge in [0.1, 0.15) is 0 Å². The largest absolute Gasteiger partial charge is 0.287 e. The molecule has 0 bridgehead atoms. The summed E-state index contributed by atoms with van der Waals surface area (Å²) >= 11 is 0. The van der Waals surface area contributed by atoms with Gasteiger partial charge in [0.2, 0.25) is 0 Å². The third kappa shape index (κ3) is 26.3. The minimum absolute atomic E-state index is 0.715. The van der Waals surface area contributed by atoms with Crippen LogP contribution in [-0.2, 0) is 10.1 Å². The van der Waals surface area contributed by atoms with Gasteiger partial charge in [-0.2, -0.15) is 8.42 Å². The standard InChI is InChI=1S/C3H6O3S.C3H6/c1-2-3-7(4,5)6;1-3-2/h2-3H,1H3,(H,4,5,6);3H,1H2,2H3. The van der Waals surface area contributed by atoms with E-state index in [-0.39, 0.29) is 0 Å². The van der Waals surface area contributed by atoms with Crippen LogP contribution in [0.1, 0.15) is 13.8 Å². The predicted octanol–water partition coefficient (Wildman–Crippen LogP) is 1.60. The molecule has 4 heteroatoms. The van der Waals surface area contributed by atoms with Crippen molar-refractivity contribution in [2.45, 2.75) is 13.8 Å². The highest BCUT2D eigenvalue weighted by Gasteiger charge is 1.90. The van der Waals surface area contributed by atoms with Crippen molar-refractivity contribution in [3.05, 3.63) is 24.1 Å². The van der Waals surface area contributed by atoms with Crippen molar-refractivity contribution in [1.29, 1.82) is 0 Å². The normalized spacial score (nSPS) is 10.3. The molecule has 0 rings (SSSR count). The Morgan fingerprint density at radius 2 is 1.70 bits per heavy atom. The van der Waals surface area contributed by atoms with Crippen molar-refractivity contribution >= 4 is 10.1 Å². The summed E-state index contributed by atoms with van der Waals surface area (Å²) in [4.78, 5) is 0. The maximum atomic E-state index is 9.70. The molecule has 0 aromatic carbocycles. The van der Waals surface area contributed by atoms with E-state index in [0.29, 0.717) is 5.41 Å². The van der Waals surface area contributed by atoms with E-state index < -0.39 is 10.1 Å². The van der Waals surface area contributed by atoms with E-state index in [9.17, 15) is 8.42 Å². The molecule has 3 nitrogen and oxygen atoms in total. The molecule has 0 aromatic rings. The highest BCUT2D eigenvalue weighted by Crippen LogP contribution is 1.80. The monoisotopic (exact) mass is 164 g/mol. The van der Waals surface area contributed by atoms with E-state index in [4.69, 9.17) is 4.55 Å². The van der Waals surface area contributed by atoms with E-state index in [1.165, 1.54) is 13.0 Å². The lowest BCUT2D eigenvalue weighted by molar-refractivity contribution is 0.494. The van der Waals surface area contributed by atoms with Gasteiger partial charge >= 0.3 is 0 Å². The van der Waals surface area contributed by atoms with Crippen molar-refractivity contribution in [1.82, 2.24) is 0 Å². The van der Waals surface area contributed by atoms with Gasteiger partial charge in [0.05, 0.1) is 5.41 Å². The highest BCUT2D eigenvalue weighted by atomic mass is 32.2. The number of hydrogen-bond acceptors (Lipinski definition) is 2. The van der Waals surface area contributed by atoms with E-state index >= 15 is 0 Å². The quantitative estimate of drug-likeness (QED) is 0.473. The van der Waals surface area contributed by atoms with Crippen LogP contribution in [-0.4, -0.2) is 13.0 Å². The summed E-state index contributed by atoms with van der Waals surface area (Å²) in [6, 6.07) is 0. The Kier molecular flexibility index (Phi) is 7.88. The topological polar surface area (TPSA) is 54.4 Å². The number of hydrogen-bond donors (Lipinski definition) is 1. The van der Waals surface area contributed by atoms with E-state index in [1.54, 1.807) is 6.08 Å². The molecule has 0 aliphatic carbocycles. The zero-order chi connectivity index (χ0) is 8.62. The molecule has 0 aromatic heterocycles. The average Bonchev–Trinajstić information content (AvgIpc) is 1.63. The first-order valence-corrected chi connectivity index (χ1v) is 4.15. The lowest BCUT2D eigenvalue weighted by Gasteiger charge is -1.76. The molecular formula is C6H12O3S. The summed E-state index contributed by atoms with van der Waals surface area (Å²) in [5, 5.41) is 0.715. The first-order valence-electron chi connectivity index (χ1n) is 2.65. The van der Waals surface area contributed by atoms with Crippen LogP contribution >= 0.6 is 0 Å². The van der Waals surface area contributed by atoms with Gasteiger partial charge in [-0.05, 0) is 13.8 Å². The average molecular weight is 164 g/mol. The molecule has 0 aliphatic heterocycles. The van der Waals surface area contributed by atoms with Crippen LogP contribution in [0.25, 0.3) is 0 Å². The first kappa shape index (κ1) is 12.1. The van der Waals surface area contributed by atoms with Gasteiger partial charge in [-0.15, -0.1) is 6.58 Å². The van der Waals surface area contributed by atoms with Crippen LogP contribution in [0.2, 0.25) is 0 Å². The molecule has 0 radical (unpaired) electrons. The van der Waals surface area contributed by atoms with Crippen LogP contribution < -0.4 is 0 Å². The van der Waals surface area contributed by atoms with Gasteiger partial charge in [0, 0.05) is 0 Å². The summed E-state index contributed by atoms with van der Waals surface area (Å²) in [5.41, 5.74) is 0. The molecule has 0 amide bonds. The molecule has 60 valence electrons. The van der Waals surface area contributed by atoms with Crippen LogP contribution in [0, 0.1) is 0 Å². The lowest BCUT2D eigenvalue weighted by Crippen LogP contribution is -1.87. The maximum absolute atomic E-state index is 9.70. The van der Waals surface area contributed by atoms with Gasteiger partial charge in [0.15, 0.2) is 0 Å². The molecule has 0 saturated heterocycles. The Balaban J connectivity index is 0. The predicted molar refractivity (Wildman–Crippen MR) is 42.2 cm³/mol. The van der Waals surface area contributed by atoms with Gasteiger partial charge in [0.25, 0.3) is 10.1 Å². The molecule has 0 heterocycles. The Morgan fingerprint density at radius 1 is 1.40 bits per heavy atom. The minimum atomic E-state index is -3.85. The fourth-order valence-electron chi connectivity index (χ4n) is 0.172. The van der Waals surface area contributed by atoms with E-state index in [2.05, 4.69) is 6.58 Å². The van der Waals surface area contributed by atoms with Gasteiger partial charge in [-0.25, -0.2) is 0 Å². The molecule has 1 N–H and O–H groups in total. The summed E-state index contributed by atoms with van der Waals surface area (Å²) in [7, 11) is -3.85. The van der Waals surface area contributed by atoms with E-state index in [0.717, 1.165) is 0 Å². The SMILES string of the molecule is C=CC.CC=CS(=O)(=O)O. The summed E-state index contributed by atoms with van der Waals surface area (Å²) in [5.74, 6) is 0. The molecule has 0 saturated carbocycles. The van der Waals surface area contributed by atoms with Crippen molar-refractivity contribution in [2.75, 3.05) is 0 Å². The van der Waals surface area contributed by atoms with Crippen LogP contribution in [0.3, 0.4) is 0 Å². The molecule has 0 spiro atoms. The lowest BCUT2D eigenvalue weighted by atomic mass is 10.8. The van der Waals surface area contributed by atoms with Crippen LogP contribution in [0.5, 0.6) is 0 Å². The second kappa shape index (κ2) is 6.51. The maximum Gasteiger partial charge on any atom is 0.287 e. The molecule has 10 heavy (non-hydrogen) atoms. The second-order valence-corrected chi connectivity index (χ2v) is 2.69. The highest BCUT2D eigenvalue weighted by molar-refractivity contribution is 7.88. The fraction of sp³-hybridized carbons (Fsp3) is 0.333. The smallest absolute Gasteiger partial charge is 0.282 e. The number of rotatable bonds is 1. The van der Waals surface area contributed by atoms with Gasteiger partial charge < -0.3 is 0 Å². The Morgan fingerprint density at radius 3 is 1.70 bits per heavy atom. The molecule has 0 aliphatic rings. The fourth-order valence-corrected chi connectivity index (χ4v) is 0.516. The summed E-state index contributed by atoms with van der Waals surface area (Å²) in [6.45, 7) is 6.76. The van der Waals surface area contributed by atoms with Gasteiger partial charge in [-0.1, -0.05) is 12.2 Å². The van der Waals surface area contributed by atoms with Crippen molar-refractivity contribution < 1.29 is 13.0 Å². The number of allylic oxidation sites excluding steroid dienone is 2. The second-order valence-electron chi connectivity index (χ2n) is 1.39. The molecule has 0 fully saturated rings. The third-order valence-electron chi connectivity index (χ3n) is 0.308. The summed E-state index contributed by atoms with van der Waals surface area (Å²) < 4.78 is 27.3. The Bertz CT molecular complexity index is 189. The minimum Gasteiger partial charge on any atom is -0.282 e. The van der Waals surface area contributed by atoms with Crippen molar-refractivity contribution in [3.63, 3.8) is 0 Å². The zero-order valence-electron chi connectivity index (χ0n) is 6.11. The Hall–Kier alpha value is -0.610. The van der Waals surface area contributed by atoms with Crippen LogP contribution in [0.15, 0.2) is 24.1 Å². The van der Waals surface area contributed by atoms with Gasteiger partial charge in [-0.3, -0.25) is 4.55 Å². The molecule has 0 atom stereocenters. The Labute approximate surface area is 61.8 Å². The zero-order valence-corrected chi connectivity index (χ0v) is 6.93. The molecule has 0 unspecified atom stereocenters. The summed E-state index contributed by atoms with van der Waals surface area (Å²) in [6.07, 6.45) is 3.00. The van der Waals surface area contributed by atoms with Crippen molar-refractivity contribution in [3.8, 4) is 0 Å². The first-order chi connectivity index (χ1) is 4.47. The molecular weight excluding hydrogens is 152 g/mol.